The van der Waals surface area contributed by atoms with Gasteiger partial charge in [0.15, 0.2) is 0 Å². The van der Waals surface area contributed by atoms with E-state index >= 15 is 0 Å². The van der Waals surface area contributed by atoms with Crippen molar-refractivity contribution in [3.05, 3.63) is 17.0 Å². The molecule has 1 aromatic rings. The normalized spacial score (nSPS) is 28.4. The summed E-state index contributed by atoms with van der Waals surface area (Å²) < 4.78 is 5.16. The van der Waals surface area contributed by atoms with Crippen molar-refractivity contribution < 1.29 is 9.32 Å². The molecule has 1 aliphatic carbocycles. The highest BCUT2D eigenvalue weighted by Crippen LogP contribution is 2.43. The SMILES string of the molecule is Cc1noc(C)c1CCNC(=O)[C@@]12CCCC[C@H]1CNC2. The molecule has 1 saturated heterocycles. The minimum Gasteiger partial charge on any atom is -0.361 e. The molecule has 2 N–H and O–H groups in total. The van der Waals surface area contributed by atoms with Crippen LogP contribution < -0.4 is 10.6 Å². The number of amides is 1. The van der Waals surface area contributed by atoms with Crippen LogP contribution >= 0.6 is 0 Å². The van der Waals surface area contributed by atoms with Gasteiger partial charge in [-0.15, -0.1) is 0 Å². The van der Waals surface area contributed by atoms with Crippen molar-refractivity contribution in [2.24, 2.45) is 11.3 Å². The molecule has 1 aliphatic heterocycles. The average Bonchev–Trinajstić information content (AvgIpc) is 3.05. The maximum absolute atomic E-state index is 12.7. The van der Waals surface area contributed by atoms with Crippen LogP contribution in [0.25, 0.3) is 0 Å². The summed E-state index contributed by atoms with van der Waals surface area (Å²) in [5.74, 6) is 1.62. The Morgan fingerprint density at radius 2 is 2.33 bits per heavy atom. The maximum Gasteiger partial charge on any atom is 0.227 e. The number of carbonyl (C=O) groups is 1. The van der Waals surface area contributed by atoms with Gasteiger partial charge in [0.2, 0.25) is 5.91 Å². The first-order valence-corrected chi connectivity index (χ1v) is 8.04. The Bertz CT molecular complexity index is 506. The molecule has 1 aromatic heterocycles. The number of fused-ring (bicyclic) bond motifs is 1. The number of hydrogen-bond acceptors (Lipinski definition) is 4. The summed E-state index contributed by atoms with van der Waals surface area (Å²) in [4.78, 5) is 12.7. The van der Waals surface area contributed by atoms with Crippen LogP contribution in [0.4, 0.5) is 0 Å². The van der Waals surface area contributed by atoms with Crippen molar-refractivity contribution in [3.63, 3.8) is 0 Å². The van der Waals surface area contributed by atoms with Gasteiger partial charge in [0.05, 0.1) is 11.1 Å². The Kier molecular flexibility index (Phi) is 4.02. The minimum atomic E-state index is -0.156. The van der Waals surface area contributed by atoms with Crippen LogP contribution in [0.2, 0.25) is 0 Å². The molecule has 116 valence electrons. The summed E-state index contributed by atoms with van der Waals surface area (Å²) in [6.45, 7) is 6.38. The lowest BCUT2D eigenvalue weighted by atomic mass is 9.67. The standard InChI is InChI=1S/C16H25N3O2/c1-11-14(12(2)21-19-11)6-8-18-15(20)16-7-4-3-5-13(16)9-17-10-16/h13,17H,3-10H2,1-2H3,(H,18,20)/t13-,16+/m0/s1. The van der Waals surface area contributed by atoms with Crippen LogP contribution in [0.3, 0.4) is 0 Å². The van der Waals surface area contributed by atoms with Gasteiger partial charge in [0.1, 0.15) is 5.76 Å². The Morgan fingerprint density at radius 3 is 3.10 bits per heavy atom. The molecule has 2 aliphatic rings. The van der Waals surface area contributed by atoms with Crippen LogP contribution in [0.1, 0.15) is 42.7 Å². The molecular formula is C16H25N3O2. The van der Waals surface area contributed by atoms with Gasteiger partial charge < -0.3 is 15.2 Å². The van der Waals surface area contributed by atoms with Gasteiger partial charge >= 0.3 is 0 Å². The maximum atomic E-state index is 12.7. The molecule has 21 heavy (non-hydrogen) atoms. The monoisotopic (exact) mass is 291 g/mol. The highest BCUT2D eigenvalue weighted by molar-refractivity contribution is 5.83. The van der Waals surface area contributed by atoms with E-state index in [1.165, 1.54) is 19.3 Å². The van der Waals surface area contributed by atoms with Gasteiger partial charge in [-0.1, -0.05) is 18.0 Å². The zero-order chi connectivity index (χ0) is 14.9. The van der Waals surface area contributed by atoms with Crippen molar-refractivity contribution in [2.45, 2.75) is 46.0 Å². The van der Waals surface area contributed by atoms with Crippen molar-refractivity contribution in [3.8, 4) is 0 Å². The zero-order valence-corrected chi connectivity index (χ0v) is 13.0. The lowest BCUT2D eigenvalue weighted by Gasteiger charge is -2.37. The molecule has 0 bridgehead atoms. The molecule has 2 heterocycles. The Morgan fingerprint density at radius 1 is 1.48 bits per heavy atom. The van der Waals surface area contributed by atoms with Crippen LogP contribution in [0.15, 0.2) is 4.52 Å². The fourth-order valence-corrected chi connectivity index (χ4v) is 4.03. The molecule has 0 aromatic carbocycles. The molecule has 5 heteroatoms. The molecule has 0 radical (unpaired) electrons. The fourth-order valence-electron chi connectivity index (χ4n) is 4.03. The van der Waals surface area contributed by atoms with Gasteiger partial charge in [-0.05, 0) is 45.6 Å². The third-order valence-electron chi connectivity index (χ3n) is 5.33. The molecule has 5 nitrogen and oxygen atoms in total. The zero-order valence-electron chi connectivity index (χ0n) is 13.0. The number of rotatable bonds is 4. The van der Waals surface area contributed by atoms with E-state index in [1.54, 1.807) is 0 Å². The quantitative estimate of drug-likeness (QED) is 0.886. The third kappa shape index (κ3) is 2.59. The van der Waals surface area contributed by atoms with Crippen molar-refractivity contribution in [2.75, 3.05) is 19.6 Å². The van der Waals surface area contributed by atoms with Gasteiger partial charge in [0, 0.05) is 18.7 Å². The summed E-state index contributed by atoms with van der Waals surface area (Å²) in [6.07, 6.45) is 5.45. The second-order valence-corrected chi connectivity index (χ2v) is 6.54. The lowest BCUT2D eigenvalue weighted by molar-refractivity contribution is -0.133. The summed E-state index contributed by atoms with van der Waals surface area (Å²) in [5.41, 5.74) is 1.90. The van der Waals surface area contributed by atoms with E-state index < -0.39 is 0 Å². The number of aromatic nitrogens is 1. The lowest BCUT2D eigenvalue weighted by Crippen LogP contribution is -2.48. The van der Waals surface area contributed by atoms with Crippen molar-refractivity contribution in [1.29, 1.82) is 0 Å². The van der Waals surface area contributed by atoms with E-state index in [9.17, 15) is 4.79 Å². The van der Waals surface area contributed by atoms with Crippen molar-refractivity contribution in [1.82, 2.24) is 15.8 Å². The van der Waals surface area contributed by atoms with Gasteiger partial charge in [-0.2, -0.15) is 0 Å². The van der Waals surface area contributed by atoms with Crippen molar-refractivity contribution >= 4 is 5.91 Å². The molecule has 3 rings (SSSR count). The van der Waals surface area contributed by atoms with Crippen LogP contribution in [0, 0.1) is 25.2 Å². The summed E-state index contributed by atoms with van der Waals surface area (Å²) >= 11 is 0. The second kappa shape index (κ2) is 5.79. The largest absolute Gasteiger partial charge is 0.361 e. The molecule has 2 fully saturated rings. The number of hydrogen-bond donors (Lipinski definition) is 2. The number of nitrogens with one attached hydrogen (secondary N) is 2. The molecule has 1 amide bonds. The van der Waals surface area contributed by atoms with E-state index in [2.05, 4.69) is 15.8 Å². The predicted molar refractivity (Wildman–Crippen MR) is 80.0 cm³/mol. The van der Waals surface area contributed by atoms with Crippen LogP contribution in [-0.2, 0) is 11.2 Å². The van der Waals surface area contributed by atoms with E-state index in [-0.39, 0.29) is 11.3 Å². The summed E-state index contributed by atoms with van der Waals surface area (Å²) in [5, 5.41) is 10.5. The first kappa shape index (κ1) is 14.6. The number of aryl methyl sites for hydroxylation is 2. The molecule has 0 unspecified atom stereocenters. The Hall–Kier alpha value is -1.36. The van der Waals surface area contributed by atoms with Gasteiger partial charge in [-0.25, -0.2) is 0 Å². The summed E-state index contributed by atoms with van der Waals surface area (Å²) in [6, 6.07) is 0. The molecule has 0 spiro atoms. The average molecular weight is 291 g/mol. The predicted octanol–water partition coefficient (Wildman–Crippen LogP) is 1.73. The Balaban J connectivity index is 1.59. The van der Waals surface area contributed by atoms with Gasteiger partial charge in [-0.3, -0.25) is 4.79 Å². The van der Waals surface area contributed by atoms with E-state index in [4.69, 9.17) is 4.52 Å². The highest BCUT2D eigenvalue weighted by atomic mass is 16.5. The Labute approximate surface area is 125 Å². The first-order valence-electron chi connectivity index (χ1n) is 8.04. The van der Waals surface area contributed by atoms with E-state index in [0.29, 0.717) is 12.5 Å². The van der Waals surface area contributed by atoms with E-state index in [0.717, 1.165) is 42.9 Å². The number of carbonyl (C=O) groups excluding carboxylic acids is 1. The number of nitrogens with zero attached hydrogens (tertiary/aromatic N) is 1. The first-order chi connectivity index (χ1) is 10.1. The van der Waals surface area contributed by atoms with Crippen LogP contribution in [0.5, 0.6) is 0 Å². The summed E-state index contributed by atoms with van der Waals surface area (Å²) in [7, 11) is 0. The van der Waals surface area contributed by atoms with Crippen LogP contribution in [-0.4, -0.2) is 30.7 Å². The molecule has 1 saturated carbocycles. The second-order valence-electron chi connectivity index (χ2n) is 6.54. The molecule has 2 atom stereocenters. The molecular weight excluding hydrogens is 266 g/mol. The third-order valence-corrected chi connectivity index (χ3v) is 5.33. The van der Waals surface area contributed by atoms with E-state index in [1.807, 2.05) is 13.8 Å². The topological polar surface area (TPSA) is 67.2 Å². The minimum absolute atomic E-state index is 0.156. The van der Waals surface area contributed by atoms with Gasteiger partial charge in [0.25, 0.3) is 0 Å². The fraction of sp³-hybridized carbons (Fsp3) is 0.750. The smallest absolute Gasteiger partial charge is 0.227 e. The highest BCUT2D eigenvalue weighted by Gasteiger charge is 2.49.